The van der Waals surface area contributed by atoms with Gasteiger partial charge in [0.2, 0.25) is 0 Å². The highest BCUT2D eigenvalue weighted by Gasteiger charge is 2.11. The number of para-hydroxylation sites is 2. The second-order valence-electron chi connectivity index (χ2n) is 5.40. The number of aryl methyl sites for hydroxylation is 2. The number of urea groups is 1. The Labute approximate surface area is 139 Å². The minimum atomic E-state index is -0.816. The molecule has 0 radical (unpaired) electrons. The zero-order chi connectivity index (χ0) is 17.5. The Hall–Kier alpha value is -2.63. The van der Waals surface area contributed by atoms with Gasteiger partial charge in [-0.05, 0) is 43.5 Å². The molecule has 2 rings (SSSR count). The third-order valence-corrected chi connectivity index (χ3v) is 3.46. The molecule has 0 unspecified atom stereocenters. The van der Waals surface area contributed by atoms with Crippen molar-refractivity contribution in [3.05, 3.63) is 59.2 Å². The van der Waals surface area contributed by atoms with Gasteiger partial charge in [0.1, 0.15) is 23.1 Å². The number of anilines is 1. The topological polar surface area (TPSA) is 50.4 Å². The summed E-state index contributed by atoms with van der Waals surface area (Å²) in [6.07, 6.45) is 0.570. The highest BCUT2D eigenvalue weighted by atomic mass is 19.1. The lowest BCUT2D eigenvalue weighted by molar-refractivity contribution is 0.249. The van der Waals surface area contributed by atoms with E-state index in [0.717, 1.165) is 29.0 Å². The third-order valence-electron chi connectivity index (χ3n) is 3.46. The summed E-state index contributed by atoms with van der Waals surface area (Å²) < 4.78 is 32.5. The Morgan fingerprint density at radius 1 is 1.04 bits per heavy atom. The van der Waals surface area contributed by atoms with Crippen LogP contribution in [0.25, 0.3) is 0 Å². The molecule has 0 aliphatic carbocycles. The Balaban J connectivity index is 1.74. The van der Waals surface area contributed by atoms with Crippen LogP contribution in [0, 0.1) is 25.5 Å². The van der Waals surface area contributed by atoms with E-state index in [4.69, 9.17) is 4.74 Å². The van der Waals surface area contributed by atoms with Gasteiger partial charge in [-0.2, -0.15) is 0 Å². The summed E-state index contributed by atoms with van der Waals surface area (Å²) >= 11 is 0. The van der Waals surface area contributed by atoms with Crippen molar-refractivity contribution < 1.29 is 18.3 Å². The fraction of sp³-hybridized carbons (Fsp3) is 0.278. The molecular formula is C18H20F2N2O2. The van der Waals surface area contributed by atoms with E-state index >= 15 is 0 Å². The van der Waals surface area contributed by atoms with Gasteiger partial charge < -0.3 is 15.4 Å². The molecule has 0 aliphatic rings. The lowest BCUT2D eigenvalue weighted by Gasteiger charge is -2.12. The number of nitrogens with one attached hydrogen (secondary N) is 2. The number of carbonyl (C=O) groups excluding carboxylic acids is 1. The van der Waals surface area contributed by atoms with Crippen LogP contribution >= 0.6 is 0 Å². The molecule has 2 amide bonds. The number of benzene rings is 2. The molecule has 2 aromatic carbocycles. The van der Waals surface area contributed by atoms with Crippen LogP contribution in [0.5, 0.6) is 5.75 Å². The number of hydrogen-bond acceptors (Lipinski definition) is 2. The van der Waals surface area contributed by atoms with Gasteiger partial charge in [-0.25, -0.2) is 13.6 Å². The van der Waals surface area contributed by atoms with E-state index in [1.807, 2.05) is 32.0 Å². The first kappa shape index (κ1) is 17.7. The van der Waals surface area contributed by atoms with Crippen LogP contribution in [0.1, 0.15) is 17.5 Å². The lowest BCUT2D eigenvalue weighted by atomic mass is 10.1. The van der Waals surface area contributed by atoms with Gasteiger partial charge in [-0.3, -0.25) is 0 Å². The molecule has 0 aromatic heterocycles. The average molecular weight is 334 g/mol. The number of rotatable bonds is 6. The fourth-order valence-corrected chi connectivity index (χ4v) is 2.25. The summed E-state index contributed by atoms with van der Waals surface area (Å²) in [5, 5.41) is 4.70. The van der Waals surface area contributed by atoms with Gasteiger partial charge in [-0.1, -0.05) is 24.3 Å². The van der Waals surface area contributed by atoms with Gasteiger partial charge >= 0.3 is 6.03 Å². The summed E-state index contributed by atoms with van der Waals surface area (Å²) in [7, 11) is 0. The van der Waals surface area contributed by atoms with Crippen molar-refractivity contribution in [1.82, 2.24) is 5.32 Å². The molecule has 0 saturated carbocycles. The summed E-state index contributed by atoms with van der Waals surface area (Å²) in [5.41, 5.74) is 1.65. The standard InChI is InChI=1S/C18H20F2N2O2/c1-12-6-3-7-13(2)17(12)24-11-5-10-21-18(23)22-16-14(19)8-4-9-15(16)20/h3-4,6-9H,5,10-11H2,1-2H3,(H2,21,22,23). The second-order valence-corrected chi connectivity index (χ2v) is 5.40. The molecule has 0 heterocycles. The fourth-order valence-electron chi connectivity index (χ4n) is 2.25. The number of amides is 2. The zero-order valence-electron chi connectivity index (χ0n) is 13.7. The Kier molecular flexibility index (Phi) is 6.12. The average Bonchev–Trinajstić information content (AvgIpc) is 2.53. The van der Waals surface area contributed by atoms with Crippen molar-refractivity contribution >= 4 is 11.7 Å². The predicted molar refractivity (Wildman–Crippen MR) is 89.4 cm³/mol. The molecule has 2 N–H and O–H groups in total. The van der Waals surface area contributed by atoms with Crippen LogP contribution in [0.2, 0.25) is 0 Å². The first-order chi connectivity index (χ1) is 11.5. The van der Waals surface area contributed by atoms with Crippen LogP contribution in [0.3, 0.4) is 0 Å². The molecular weight excluding hydrogens is 314 g/mol. The largest absolute Gasteiger partial charge is 0.493 e. The first-order valence-corrected chi connectivity index (χ1v) is 7.67. The smallest absolute Gasteiger partial charge is 0.319 e. The number of hydrogen-bond donors (Lipinski definition) is 2. The first-order valence-electron chi connectivity index (χ1n) is 7.67. The van der Waals surface area contributed by atoms with Crippen molar-refractivity contribution in [3.8, 4) is 5.75 Å². The monoisotopic (exact) mass is 334 g/mol. The lowest BCUT2D eigenvalue weighted by Crippen LogP contribution is -2.31. The van der Waals surface area contributed by atoms with Crippen molar-refractivity contribution in [2.24, 2.45) is 0 Å². The van der Waals surface area contributed by atoms with Crippen LogP contribution in [0.4, 0.5) is 19.3 Å². The molecule has 6 heteroatoms. The minimum Gasteiger partial charge on any atom is -0.493 e. The Bertz CT molecular complexity index is 680. The summed E-state index contributed by atoms with van der Waals surface area (Å²) in [6.45, 7) is 4.70. The SMILES string of the molecule is Cc1cccc(C)c1OCCCNC(=O)Nc1c(F)cccc1F. The van der Waals surface area contributed by atoms with E-state index in [-0.39, 0.29) is 0 Å². The molecule has 0 saturated heterocycles. The van der Waals surface area contributed by atoms with Gasteiger partial charge in [-0.15, -0.1) is 0 Å². The van der Waals surface area contributed by atoms with Gasteiger partial charge in [0, 0.05) is 6.54 Å². The van der Waals surface area contributed by atoms with Gasteiger partial charge in [0.15, 0.2) is 0 Å². The number of halogens is 2. The van der Waals surface area contributed by atoms with Crippen LogP contribution in [0.15, 0.2) is 36.4 Å². The molecule has 0 fully saturated rings. The maximum absolute atomic E-state index is 13.4. The summed E-state index contributed by atoms with van der Waals surface area (Å²) in [6, 6.07) is 8.64. The molecule has 2 aromatic rings. The summed E-state index contributed by atoms with van der Waals surface area (Å²) in [5.74, 6) is -0.789. The Morgan fingerprint density at radius 2 is 1.62 bits per heavy atom. The highest BCUT2D eigenvalue weighted by molar-refractivity contribution is 5.89. The molecule has 0 atom stereocenters. The Morgan fingerprint density at radius 3 is 2.25 bits per heavy atom. The van der Waals surface area contributed by atoms with Crippen molar-refractivity contribution in [2.75, 3.05) is 18.5 Å². The van der Waals surface area contributed by atoms with E-state index in [0.29, 0.717) is 19.6 Å². The predicted octanol–water partition coefficient (Wildman–Crippen LogP) is 4.17. The van der Waals surface area contributed by atoms with Crippen LogP contribution in [-0.2, 0) is 0 Å². The van der Waals surface area contributed by atoms with E-state index < -0.39 is 23.4 Å². The quantitative estimate of drug-likeness (QED) is 0.779. The number of carbonyl (C=O) groups is 1. The molecule has 4 nitrogen and oxygen atoms in total. The van der Waals surface area contributed by atoms with E-state index in [9.17, 15) is 13.6 Å². The molecule has 24 heavy (non-hydrogen) atoms. The van der Waals surface area contributed by atoms with Crippen molar-refractivity contribution in [1.29, 1.82) is 0 Å². The van der Waals surface area contributed by atoms with Crippen molar-refractivity contribution in [2.45, 2.75) is 20.3 Å². The maximum atomic E-state index is 13.4. The van der Waals surface area contributed by atoms with E-state index in [1.165, 1.54) is 6.07 Å². The summed E-state index contributed by atoms with van der Waals surface area (Å²) in [4.78, 5) is 11.7. The van der Waals surface area contributed by atoms with E-state index in [1.54, 1.807) is 0 Å². The van der Waals surface area contributed by atoms with Crippen LogP contribution in [-0.4, -0.2) is 19.2 Å². The molecule has 0 aliphatic heterocycles. The van der Waals surface area contributed by atoms with Crippen LogP contribution < -0.4 is 15.4 Å². The second kappa shape index (κ2) is 8.29. The third kappa shape index (κ3) is 4.68. The normalized spacial score (nSPS) is 10.3. The molecule has 128 valence electrons. The van der Waals surface area contributed by atoms with Gasteiger partial charge in [0.25, 0.3) is 0 Å². The van der Waals surface area contributed by atoms with E-state index in [2.05, 4.69) is 10.6 Å². The molecule has 0 bridgehead atoms. The maximum Gasteiger partial charge on any atom is 0.319 e. The van der Waals surface area contributed by atoms with Gasteiger partial charge in [0.05, 0.1) is 6.61 Å². The number of ether oxygens (including phenoxy) is 1. The van der Waals surface area contributed by atoms with Crippen molar-refractivity contribution in [3.63, 3.8) is 0 Å². The minimum absolute atomic E-state index is 0.326. The zero-order valence-corrected chi connectivity index (χ0v) is 13.7. The molecule has 0 spiro atoms. The highest BCUT2D eigenvalue weighted by Crippen LogP contribution is 2.22.